The fourth-order valence-electron chi connectivity index (χ4n) is 3.23. The fraction of sp³-hybridized carbons (Fsp3) is 0.188. The summed E-state index contributed by atoms with van der Waals surface area (Å²) < 4.78 is 5.69. The van der Waals surface area contributed by atoms with Crippen molar-refractivity contribution >= 4 is 23.4 Å². The number of fused-ring (bicyclic) bond motifs is 3. The van der Waals surface area contributed by atoms with Gasteiger partial charge in [0.05, 0.1) is 5.69 Å². The van der Waals surface area contributed by atoms with Crippen LogP contribution in [0.1, 0.15) is 16.7 Å². The van der Waals surface area contributed by atoms with Crippen molar-refractivity contribution in [3.05, 3.63) is 64.2 Å². The lowest BCUT2D eigenvalue weighted by Crippen LogP contribution is -2.40. The first-order valence-electron chi connectivity index (χ1n) is 6.53. The highest BCUT2D eigenvalue weighted by molar-refractivity contribution is 6.31. The van der Waals surface area contributed by atoms with E-state index < -0.39 is 11.7 Å². The molecule has 0 saturated carbocycles. The van der Waals surface area contributed by atoms with E-state index in [0.717, 1.165) is 11.3 Å². The lowest BCUT2D eigenvalue weighted by atomic mass is 9.88. The number of amides is 1. The molecule has 20 heavy (non-hydrogen) atoms. The molecule has 2 aromatic carbocycles. The van der Waals surface area contributed by atoms with E-state index in [0.29, 0.717) is 17.9 Å². The Balaban J connectivity index is 1.87. The van der Waals surface area contributed by atoms with Crippen molar-refractivity contribution in [2.75, 3.05) is 5.32 Å². The van der Waals surface area contributed by atoms with Crippen LogP contribution in [-0.2, 0) is 23.2 Å². The molecule has 0 fully saturated rings. The summed E-state index contributed by atoms with van der Waals surface area (Å²) in [7, 11) is 0. The second-order valence-corrected chi connectivity index (χ2v) is 5.76. The van der Waals surface area contributed by atoms with Crippen molar-refractivity contribution in [1.29, 1.82) is 0 Å². The number of rotatable bonds is 0. The minimum Gasteiger partial charge on any atom is -0.437 e. The van der Waals surface area contributed by atoms with Crippen LogP contribution < -0.4 is 5.32 Å². The predicted molar refractivity (Wildman–Crippen MR) is 77.1 cm³/mol. The number of carbonyl (C=O) groups is 1. The van der Waals surface area contributed by atoms with Gasteiger partial charge in [-0.05, 0) is 23.3 Å². The van der Waals surface area contributed by atoms with E-state index in [2.05, 4.69) is 17.4 Å². The Bertz CT molecular complexity index is 701. The molecule has 0 saturated heterocycles. The molecular weight excluding hydrogens is 274 g/mol. The van der Waals surface area contributed by atoms with Crippen molar-refractivity contribution < 1.29 is 9.53 Å². The molecule has 3 nitrogen and oxygen atoms in total. The van der Waals surface area contributed by atoms with Gasteiger partial charge in [0.2, 0.25) is 0 Å². The quantitative estimate of drug-likeness (QED) is 0.797. The highest BCUT2D eigenvalue weighted by atomic mass is 35.5. The standard InChI is InChI=1S/C16H12ClNO2/c17-12-5-6-13-14(7-12)18-15(19)20-16(13)8-10-3-1-2-4-11(10)9-16/h1-7H,8-9H2,(H,18,19). The Kier molecular flexibility index (Phi) is 2.36. The Morgan fingerprint density at radius 1 is 1.10 bits per heavy atom. The maximum Gasteiger partial charge on any atom is 0.412 e. The van der Waals surface area contributed by atoms with E-state index in [-0.39, 0.29) is 0 Å². The van der Waals surface area contributed by atoms with E-state index in [4.69, 9.17) is 16.3 Å². The summed E-state index contributed by atoms with van der Waals surface area (Å²) in [5.41, 5.74) is 3.64. The lowest BCUT2D eigenvalue weighted by Gasteiger charge is -2.35. The number of hydrogen-bond donors (Lipinski definition) is 1. The molecule has 1 amide bonds. The topological polar surface area (TPSA) is 38.3 Å². The molecule has 0 bridgehead atoms. The zero-order chi connectivity index (χ0) is 13.7. The molecule has 1 N–H and O–H groups in total. The van der Waals surface area contributed by atoms with Gasteiger partial charge in [0.25, 0.3) is 0 Å². The predicted octanol–water partition coefficient (Wildman–Crippen LogP) is 3.90. The van der Waals surface area contributed by atoms with Crippen molar-refractivity contribution in [2.24, 2.45) is 0 Å². The maximum absolute atomic E-state index is 11.9. The Hall–Kier alpha value is -2.00. The largest absolute Gasteiger partial charge is 0.437 e. The second-order valence-electron chi connectivity index (χ2n) is 5.32. The number of halogens is 1. The summed E-state index contributed by atoms with van der Waals surface area (Å²) in [6, 6.07) is 13.8. The van der Waals surface area contributed by atoms with E-state index in [9.17, 15) is 4.79 Å². The number of anilines is 1. The van der Waals surface area contributed by atoms with E-state index in [1.54, 1.807) is 6.07 Å². The van der Waals surface area contributed by atoms with Crippen LogP contribution in [0.5, 0.6) is 0 Å². The Morgan fingerprint density at radius 2 is 1.80 bits per heavy atom. The van der Waals surface area contributed by atoms with Gasteiger partial charge in [-0.3, -0.25) is 5.32 Å². The molecule has 100 valence electrons. The van der Waals surface area contributed by atoms with Gasteiger partial charge in [-0.25, -0.2) is 4.79 Å². The minimum atomic E-state index is -0.591. The molecule has 4 heteroatoms. The van der Waals surface area contributed by atoms with Gasteiger partial charge >= 0.3 is 6.09 Å². The number of ether oxygens (including phenoxy) is 1. The maximum atomic E-state index is 11.9. The summed E-state index contributed by atoms with van der Waals surface area (Å²) >= 11 is 6.02. The first-order chi connectivity index (χ1) is 9.66. The van der Waals surface area contributed by atoms with Crippen LogP contribution in [0.3, 0.4) is 0 Å². The third-order valence-corrected chi connectivity index (χ3v) is 4.30. The Morgan fingerprint density at radius 3 is 2.50 bits per heavy atom. The second kappa shape index (κ2) is 4.00. The van der Waals surface area contributed by atoms with Gasteiger partial charge in [-0.1, -0.05) is 41.9 Å². The Labute approximate surface area is 121 Å². The van der Waals surface area contributed by atoms with Crippen LogP contribution in [0, 0.1) is 0 Å². The summed E-state index contributed by atoms with van der Waals surface area (Å²) in [4.78, 5) is 11.9. The molecule has 2 aromatic rings. The molecule has 1 aliphatic heterocycles. The molecule has 1 spiro atoms. The molecule has 4 rings (SSSR count). The molecule has 0 aromatic heterocycles. The van der Waals surface area contributed by atoms with Crippen molar-refractivity contribution in [2.45, 2.75) is 18.4 Å². The zero-order valence-electron chi connectivity index (χ0n) is 10.7. The summed E-state index contributed by atoms with van der Waals surface area (Å²) in [5, 5.41) is 3.34. The summed E-state index contributed by atoms with van der Waals surface area (Å²) in [5.74, 6) is 0. The van der Waals surface area contributed by atoms with Gasteiger partial charge < -0.3 is 4.74 Å². The van der Waals surface area contributed by atoms with Crippen LogP contribution in [0.2, 0.25) is 5.02 Å². The van der Waals surface area contributed by atoms with Crippen LogP contribution >= 0.6 is 11.6 Å². The number of benzene rings is 2. The van der Waals surface area contributed by atoms with Gasteiger partial charge in [0.15, 0.2) is 0 Å². The highest BCUT2D eigenvalue weighted by Gasteiger charge is 2.46. The average Bonchev–Trinajstić information content (AvgIpc) is 2.75. The molecule has 0 radical (unpaired) electrons. The third kappa shape index (κ3) is 1.63. The zero-order valence-corrected chi connectivity index (χ0v) is 11.4. The molecule has 2 aliphatic rings. The first kappa shape index (κ1) is 11.8. The molecule has 1 aliphatic carbocycles. The van der Waals surface area contributed by atoms with Crippen molar-refractivity contribution in [3.8, 4) is 0 Å². The summed E-state index contributed by atoms with van der Waals surface area (Å²) in [6.07, 6.45) is 1.02. The molecule has 0 unspecified atom stereocenters. The van der Waals surface area contributed by atoms with Gasteiger partial charge in [-0.15, -0.1) is 0 Å². The average molecular weight is 286 g/mol. The van der Waals surface area contributed by atoms with Crippen LogP contribution in [0.4, 0.5) is 10.5 Å². The number of carbonyl (C=O) groups excluding carboxylic acids is 1. The van der Waals surface area contributed by atoms with E-state index in [1.807, 2.05) is 24.3 Å². The summed E-state index contributed by atoms with van der Waals surface area (Å²) in [6.45, 7) is 0. The van der Waals surface area contributed by atoms with Crippen molar-refractivity contribution in [1.82, 2.24) is 0 Å². The normalized spacial score (nSPS) is 18.1. The van der Waals surface area contributed by atoms with Crippen LogP contribution in [0.15, 0.2) is 42.5 Å². The molecular formula is C16H12ClNO2. The third-order valence-electron chi connectivity index (χ3n) is 4.07. The van der Waals surface area contributed by atoms with Gasteiger partial charge in [0.1, 0.15) is 5.60 Å². The number of hydrogen-bond acceptors (Lipinski definition) is 2. The SMILES string of the molecule is O=C1Nc2cc(Cl)ccc2C2(Cc3ccccc3C2)O1. The van der Waals surface area contributed by atoms with Crippen LogP contribution in [-0.4, -0.2) is 6.09 Å². The fourth-order valence-corrected chi connectivity index (χ4v) is 3.40. The molecule has 1 heterocycles. The van der Waals surface area contributed by atoms with Gasteiger partial charge in [0, 0.05) is 23.4 Å². The van der Waals surface area contributed by atoms with Crippen molar-refractivity contribution in [3.63, 3.8) is 0 Å². The van der Waals surface area contributed by atoms with Gasteiger partial charge in [-0.2, -0.15) is 0 Å². The highest BCUT2D eigenvalue weighted by Crippen LogP contribution is 2.46. The smallest absolute Gasteiger partial charge is 0.412 e. The lowest BCUT2D eigenvalue weighted by molar-refractivity contribution is 0.0198. The van der Waals surface area contributed by atoms with E-state index >= 15 is 0 Å². The van der Waals surface area contributed by atoms with Crippen LogP contribution in [0.25, 0.3) is 0 Å². The monoisotopic (exact) mass is 285 g/mol. The molecule has 0 atom stereocenters. The number of nitrogens with one attached hydrogen (secondary N) is 1. The van der Waals surface area contributed by atoms with E-state index in [1.165, 1.54) is 11.1 Å². The first-order valence-corrected chi connectivity index (χ1v) is 6.91. The minimum absolute atomic E-state index is 0.410.